The molecule has 0 bridgehead atoms. The van der Waals surface area contributed by atoms with Crippen molar-refractivity contribution in [3.63, 3.8) is 0 Å². The van der Waals surface area contributed by atoms with Gasteiger partial charge in [0.05, 0.1) is 7.82 Å². The van der Waals surface area contributed by atoms with Gasteiger partial charge < -0.3 is 57.2 Å². The lowest BCUT2D eigenvalue weighted by molar-refractivity contribution is -0.353. The van der Waals surface area contributed by atoms with Crippen LogP contribution in [0.5, 0.6) is 0 Å². The van der Waals surface area contributed by atoms with Gasteiger partial charge in [-0.05, 0) is 19.3 Å². The topological polar surface area (TPSA) is 288 Å². The van der Waals surface area contributed by atoms with Crippen LogP contribution in [0.15, 0.2) is 0 Å². The minimum absolute atomic E-state index is 0.137. The van der Waals surface area contributed by atoms with Gasteiger partial charge in [-0.3, -0.25) is 23.5 Å². The molecular formula is C18H30O18P3-3. The molecule has 1 aliphatic rings. The van der Waals surface area contributed by atoms with E-state index in [1.165, 1.54) is 20.8 Å². The summed E-state index contributed by atoms with van der Waals surface area (Å²) in [6.07, 6.45) is -15.4. The van der Waals surface area contributed by atoms with Crippen molar-refractivity contribution in [2.24, 2.45) is 0 Å². The first-order valence-electron chi connectivity index (χ1n) is 11.6. The number of ether oxygens (including phenoxy) is 3. The lowest BCUT2D eigenvalue weighted by Crippen LogP contribution is -2.68. The van der Waals surface area contributed by atoms with E-state index in [1.807, 2.05) is 0 Å². The highest BCUT2D eigenvalue weighted by Gasteiger charge is 2.60. The predicted octanol–water partition coefficient (Wildman–Crippen LogP) is -1.33. The lowest BCUT2D eigenvalue weighted by Gasteiger charge is -2.50. The third-order valence-corrected chi connectivity index (χ3v) is 6.40. The molecule has 39 heavy (non-hydrogen) atoms. The first-order chi connectivity index (χ1) is 17.8. The van der Waals surface area contributed by atoms with Crippen LogP contribution in [0.1, 0.15) is 59.3 Å². The second kappa shape index (κ2) is 15.1. The monoisotopic (exact) mass is 627 g/mol. The Labute approximate surface area is 223 Å². The molecule has 0 saturated heterocycles. The minimum Gasteiger partial charge on any atom is -0.790 e. The van der Waals surface area contributed by atoms with Gasteiger partial charge in [0.1, 0.15) is 18.3 Å². The Morgan fingerprint density at radius 1 is 0.590 bits per heavy atom. The first kappa shape index (κ1) is 35.8. The number of rotatable bonds is 15. The fourth-order valence-corrected chi connectivity index (χ4v) is 5.23. The van der Waals surface area contributed by atoms with Gasteiger partial charge >= 0.3 is 25.7 Å². The van der Waals surface area contributed by atoms with Crippen molar-refractivity contribution in [1.82, 2.24) is 0 Å². The van der Waals surface area contributed by atoms with Crippen LogP contribution in [0.25, 0.3) is 0 Å². The van der Waals surface area contributed by atoms with Crippen molar-refractivity contribution < 1.29 is 85.2 Å². The maximum absolute atomic E-state index is 12.4. The summed E-state index contributed by atoms with van der Waals surface area (Å²) in [5, 5.41) is 0. The van der Waals surface area contributed by atoms with Crippen molar-refractivity contribution in [2.45, 2.75) is 95.9 Å². The second-order valence-electron chi connectivity index (χ2n) is 8.23. The molecule has 1 fully saturated rings. The standard InChI is InChI=1S/C18H33O18P3/c1-4-7-10(19)31-13-16(34-37(22,23)24)14(32-11(20)8-5-2)18(36-39(28,29)30)15(33-12(21)9-6-3)17(13)35-38(25,26)27/h13-18H,4-9H2,1-3H3,(H2,22,23,24)(H2,25,26,27)(H2,28,29,30)/p-3/t13?,14?,15?,16-,17?,18?. The molecule has 1 rings (SSSR count). The smallest absolute Gasteiger partial charge is 0.470 e. The normalized spacial score (nSPS) is 27.3. The summed E-state index contributed by atoms with van der Waals surface area (Å²) >= 11 is 0. The Morgan fingerprint density at radius 2 is 0.897 bits per heavy atom. The zero-order valence-corrected chi connectivity index (χ0v) is 23.7. The Kier molecular flexibility index (Phi) is 13.9. The quantitative estimate of drug-likeness (QED) is 0.108. The van der Waals surface area contributed by atoms with E-state index in [0.29, 0.717) is 0 Å². The summed E-state index contributed by atoms with van der Waals surface area (Å²) in [5.41, 5.74) is 0. The maximum Gasteiger partial charge on any atom is 0.470 e. The van der Waals surface area contributed by atoms with E-state index in [2.05, 4.69) is 13.6 Å². The molecule has 0 spiro atoms. The van der Waals surface area contributed by atoms with E-state index in [1.54, 1.807) is 0 Å². The summed E-state index contributed by atoms with van der Waals surface area (Å²) < 4.78 is 64.0. The number of carbonyl (C=O) groups is 3. The van der Waals surface area contributed by atoms with Crippen LogP contribution in [-0.4, -0.2) is 69.2 Å². The van der Waals surface area contributed by atoms with Crippen molar-refractivity contribution in [3.8, 4) is 0 Å². The average Bonchev–Trinajstić information content (AvgIpc) is 2.73. The van der Waals surface area contributed by atoms with E-state index >= 15 is 0 Å². The summed E-state index contributed by atoms with van der Waals surface area (Å²) in [5.74, 6) is -3.47. The van der Waals surface area contributed by atoms with Gasteiger partial charge in [0.25, 0.3) is 7.82 Å². The van der Waals surface area contributed by atoms with E-state index in [4.69, 9.17) is 14.2 Å². The molecule has 0 aromatic carbocycles. The number of hydrogen-bond donors (Lipinski definition) is 3. The van der Waals surface area contributed by atoms with Gasteiger partial charge in [-0.1, -0.05) is 20.8 Å². The highest BCUT2D eigenvalue weighted by molar-refractivity contribution is 7.46. The Hall–Kier alpha value is -1.26. The molecule has 1 aliphatic carbocycles. The molecule has 3 N–H and O–H groups in total. The van der Waals surface area contributed by atoms with Crippen molar-refractivity contribution in [1.29, 1.82) is 0 Å². The molecule has 0 heterocycles. The average molecular weight is 627 g/mol. The largest absolute Gasteiger partial charge is 0.790 e. The predicted molar refractivity (Wildman–Crippen MR) is 118 cm³/mol. The molecule has 0 amide bonds. The number of phosphoric acid groups is 3. The second-order valence-corrected chi connectivity index (χ2v) is 11.7. The van der Waals surface area contributed by atoms with Gasteiger partial charge in [-0.25, -0.2) is 4.57 Å². The van der Waals surface area contributed by atoms with Gasteiger partial charge in [-0.15, -0.1) is 0 Å². The Balaban J connectivity index is 3.94. The zero-order valence-electron chi connectivity index (χ0n) is 21.0. The van der Waals surface area contributed by atoms with E-state index in [-0.39, 0.29) is 38.5 Å². The third kappa shape index (κ3) is 12.9. The van der Waals surface area contributed by atoms with E-state index < -0.39 is 78.0 Å². The van der Waals surface area contributed by atoms with E-state index in [9.17, 15) is 57.4 Å². The molecule has 21 heteroatoms. The number of hydrogen-bond acceptors (Lipinski definition) is 15. The van der Waals surface area contributed by atoms with Gasteiger partial charge in [0, 0.05) is 19.3 Å². The molecule has 0 aromatic heterocycles. The van der Waals surface area contributed by atoms with Crippen molar-refractivity contribution >= 4 is 41.4 Å². The molecule has 0 aromatic rings. The SMILES string of the molecule is CCCC(=O)OC1C(OP(=O)([O-])O)C(OC(=O)CCC)[C@@H](OP(=O)([O-])[O-])C(OC(=O)CCC)C1OP(=O)(O)O. The van der Waals surface area contributed by atoms with Crippen LogP contribution in [0, 0.1) is 0 Å². The van der Waals surface area contributed by atoms with Gasteiger partial charge in [-0.2, -0.15) is 0 Å². The molecule has 228 valence electrons. The maximum atomic E-state index is 12.4. The molecular weight excluding hydrogens is 597 g/mol. The molecule has 0 aliphatic heterocycles. The highest BCUT2D eigenvalue weighted by atomic mass is 31.2. The highest BCUT2D eigenvalue weighted by Crippen LogP contribution is 2.48. The van der Waals surface area contributed by atoms with Gasteiger partial charge in [0.15, 0.2) is 18.3 Å². The summed E-state index contributed by atoms with van der Waals surface area (Å²) in [7, 11) is -17.7. The summed E-state index contributed by atoms with van der Waals surface area (Å²) in [6, 6.07) is 0. The molecule has 7 atom stereocenters. The van der Waals surface area contributed by atoms with Crippen LogP contribution in [0.3, 0.4) is 0 Å². The number of esters is 3. The fraction of sp³-hybridized carbons (Fsp3) is 0.833. The molecule has 6 unspecified atom stereocenters. The Morgan fingerprint density at radius 3 is 1.15 bits per heavy atom. The molecule has 1 saturated carbocycles. The zero-order chi connectivity index (χ0) is 30.2. The summed E-state index contributed by atoms with van der Waals surface area (Å²) in [6.45, 7) is 4.56. The molecule has 18 nitrogen and oxygen atoms in total. The Bertz CT molecular complexity index is 848. The van der Waals surface area contributed by atoms with Crippen molar-refractivity contribution in [2.75, 3.05) is 0 Å². The van der Waals surface area contributed by atoms with Crippen LogP contribution in [0.4, 0.5) is 0 Å². The van der Waals surface area contributed by atoms with Crippen LogP contribution >= 0.6 is 23.5 Å². The lowest BCUT2D eigenvalue weighted by atomic mass is 9.84. The number of carbonyl (C=O) groups excluding carboxylic acids is 3. The minimum atomic E-state index is -6.15. The summed E-state index contributed by atoms with van der Waals surface area (Å²) in [4.78, 5) is 100. The van der Waals surface area contributed by atoms with Crippen LogP contribution < -0.4 is 14.7 Å². The van der Waals surface area contributed by atoms with E-state index in [0.717, 1.165) is 0 Å². The van der Waals surface area contributed by atoms with Crippen molar-refractivity contribution in [3.05, 3.63) is 0 Å². The third-order valence-electron chi connectivity index (χ3n) is 4.87. The van der Waals surface area contributed by atoms with Gasteiger partial charge in [0.2, 0.25) is 0 Å². The number of phosphoric ester groups is 3. The van der Waals surface area contributed by atoms with Crippen LogP contribution in [-0.2, 0) is 55.9 Å². The fourth-order valence-electron chi connectivity index (χ4n) is 3.59. The van der Waals surface area contributed by atoms with Crippen LogP contribution in [0.2, 0.25) is 0 Å². The first-order valence-corrected chi connectivity index (χ1v) is 16.1. The molecule has 0 radical (unpaired) electrons.